The van der Waals surface area contributed by atoms with Crippen LogP contribution in [0.25, 0.3) is 0 Å². The number of nitrogens with two attached hydrogens (primary N) is 1. The predicted molar refractivity (Wildman–Crippen MR) is 81.1 cm³/mol. The molecule has 0 radical (unpaired) electrons. The van der Waals surface area contributed by atoms with Crippen molar-refractivity contribution in [2.45, 2.75) is 45.8 Å². The molecule has 0 spiro atoms. The summed E-state index contributed by atoms with van der Waals surface area (Å²) in [6.07, 6.45) is 0. The summed E-state index contributed by atoms with van der Waals surface area (Å²) in [6.45, 7) is 13.1. The second kappa shape index (κ2) is 4.65. The zero-order valence-corrected chi connectivity index (χ0v) is 14.1. The maximum absolute atomic E-state index is 6.24. The van der Waals surface area contributed by atoms with Crippen molar-refractivity contribution in [2.24, 2.45) is 0 Å². The molecule has 2 N–H and O–H groups in total. The van der Waals surface area contributed by atoms with Crippen LogP contribution in [0.5, 0.6) is 5.75 Å². The van der Waals surface area contributed by atoms with Crippen LogP contribution in [-0.2, 0) is 0 Å². The molecule has 0 amide bonds. The van der Waals surface area contributed by atoms with E-state index in [9.17, 15) is 0 Å². The van der Waals surface area contributed by atoms with Crippen molar-refractivity contribution < 1.29 is 4.43 Å². The van der Waals surface area contributed by atoms with Gasteiger partial charge in [0.2, 0.25) is 0 Å². The highest BCUT2D eigenvalue weighted by Gasteiger charge is 2.39. The van der Waals surface area contributed by atoms with E-state index in [1.807, 2.05) is 19.1 Å². The summed E-state index contributed by atoms with van der Waals surface area (Å²) in [6, 6.07) is 3.93. The first-order valence-electron chi connectivity index (χ1n) is 5.79. The van der Waals surface area contributed by atoms with E-state index in [2.05, 4.69) is 49.8 Å². The lowest BCUT2D eigenvalue weighted by Gasteiger charge is -2.36. The minimum Gasteiger partial charge on any atom is -0.543 e. The molecule has 0 saturated carbocycles. The Morgan fingerprint density at radius 2 is 1.76 bits per heavy atom. The van der Waals surface area contributed by atoms with Crippen LogP contribution in [0.4, 0.5) is 5.69 Å². The molecule has 0 bridgehead atoms. The number of hydrogen-bond acceptors (Lipinski definition) is 2. The fourth-order valence-corrected chi connectivity index (χ4v) is 2.89. The average Bonchev–Trinajstić information content (AvgIpc) is 2.12. The highest BCUT2D eigenvalue weighted by atomic mass is 79.9. The first kappa shape index (κ1) is 14.6. The summed E-state index contributed by atoms with van der Waals surface area (Å²) in [5.41, 5.74) is 7.78. The standard InChI is InChI=1S/C13H22BrNOSi/c1-9-7-10(14)12(8-11(9)15)16-17(5,6)13(2,3)4/h7-8H,15H2,1-6H3. The Hall–Kier alpha value is -0.483. The number of nitrogen functional groups attached to an aromatic ring is 1. The van der Waals surface area contributed by atoms with E-state index >= 15 is 0 Å². The number of rotatable bonds is 2. The number of benzene rings is 1. The molecular formula is C13H22BrNOSi. The lowest BCUT2D eigenvalue weighted by atomic mass is 10.2. The van der Waals surface area contributed by atoms with Crippen LogP contribution >= 0.6 is 15.9 Å². The van der Waals surface area contributed by atoms with E-state index in [4.69, 9.17) is 10.2 Å². The summed E-state index contributed by atoms with van der Waals surface area (Å²) < 4.78 is 7.23. The molecule has 1 rings (SSSR count). The van der Waals surface area contributed by atoms with Gasteiger partial charge in [-0.3, -0.25) is 0 Å². The first-order chi connectivity index (χ1) is 7.54. The molecule has 4 heteroatoms. The number of halogens is 1. The van der Waals surface area contributed by atoms with Crippen LogP contribution in [0.2, 0.25) is 18.1 Å². The smallest absolute Gasteiger partial charge is 0.250 e. The fourth-order valence-electron chi connectivity index (χ4n) is 1.17. The fraction of sp³-hybridized carbons (Fsp3) is 0.538. The zero-order chi connectivity index (χ0) is 13.4. The molecule has 96 valence electrons. The second-order valence-corrected chi connectivity index (χ2v) is 11.6. The SMILES string of the molecule is Cc1cc(Br)c(O[Si](C)(C)C(C)(C)C)cc1N. The molecule has 0 atom stereocenters. The Morgan fingerprint density at radius 3 is 2.24 bits per heavy atom. The monoisotopic (exact) mass is 315 g/mol. The highest BCUT2D eigenvalue weighted by molar-refractivity contribution is 9.10. The molecule has 0 fully saturated rings. The summed E-state index contributed by atoms with van der Waals surface area (Å²) >= 11 is 3.54. The molecule has 0 aliphatic heterocycles. The van der Waals surface area contributed by atoms with Crippen molar-refractivity contribution >= 4 is 29.9 Å². The van der Waals surface area contributed by atoms with E-state index in [0.717, 1.165) is 21.5 Å². The van der Waals surface area contributed by atoms with Crippen molar-refractivity contribution in [3.8, 4) is 5.75 Å². The normalized spacial score (nSPS) is 12.6. The van der Waals surface area contributed by atoms with Crippen LogP contribution in [0.1, 0.15) is 26.3 Å². The number of anilines is 1. The number of aryl methyl sites for hydroxylation is 1. The number of hydrogen-bond donors (Lipinski definition) is 1. The van der Waals surface area contributed by atoms with Crippen LogP contribution in [-0.4, -0.2) is 8.32 Å². The van der Waals surface area contributed by atoms with Gasteiger partial charge in [0.1, 0.15) is 5.75 Å². The van der Waals surface area contributed by atoms with Crippen molar-refractivity contribution in [2.75, 3.05) is 5.73 Å². The van der Waals surface area contributed by atoms with Crippen molar-refractivity contribution in [1.29, 1.82) is 0 Å². The van der Waals surface area contributed by atoms with E-state index in [1.165, 1.54) is 0 Å². The van der Waals surface area contributed by atoms with Gasteiger partial charge in [0, 0.05) is 11.8 Å². The lowest BCUT2D eigenvalue weighted by Crippen LogP contribution is -2.43. The molecule has 0 unspecified atom stereocenters. The third-order valence-corrected chi connectivity index (χ3v) is 8.45. The minimum atomic E-state index is -1.80. The van der Waals surface area contributed by atoms with Crippen LogP contribution < -0.4 is 10.2 Å². The second-order valence-electron chi connectivity index (χ2n) is 6.00. The molecule has 0 heterocycles. The lowest BCUT2D eigenvalue weighted by molar-refractivity contribution is 0.490. The molecule has 0 aromatic heterocycles. The maximum atomic E-state index is 6.24. The van der Waals surface area contributed by atoms with Crippen molar-refractivity contribution in [3.05, 3.63) is 22.2 Å². The van der Waals surface area contributed by atoms with Crippen LogP contribution in [0.15, 0.2) is 16.6 Å². The Balaban J connectivity index is 3.08. The van der Waals surface area contributed by atoms with Gasteiger partial charge in [0.05, 0.1) is 4.47 Å². The van der Waals surface area contributed by atoms with Crippen LogP contribution in [0, 0.1) is 6.92 Å². The minimum absolute atomic E-state index is 0.187. The summed E-state index contributed by atoms with van der Waals surface area (Å²) in [7, 11) is -1.80. The summed E-state index contributed by atoms with van der Waals surface area (Å²) in [5.74, 6) is 0.861. The van der Waals surface area contributed by atoms with Gasteiger partial charge in [-0.1, -0.05) is 20.8 Å². The molecule has 1 aromatic carbocycles. The molecular weight excluding hydrogens is 294 g/mol. The van der Waals surface area contributed by atoms with Gasteiger partial charge in [0.15, 0.2) is 0 Å². The van der Waals surface area contributed by atoms with Gasteiger partial charge in [-0.15, -0.1) is 0 Å². The Kier molecular flexibility index (Phi) is 3.99. The highest BCUT2D eigenvalue weighted by Crippen LogP contribution is 2.40. The van der Waals surface area contributed by atoms with Crippen LogP contribution in [0.3, 0.4) is 0 Å². The first-order valence-corrected chi connectivity index (χ1v) is 9.49. The molecule has 17 heavy (non-hydrogen) atoms. The Morgan fingerprint density at radius 1 is 1.24 bits per heavy atom. The topological polar surface area (TPSA) is 35.2 Å². The Bertz CT molecular complexity index is 424. The van der Waals surface area contributed by atoms with Crippen molar-refractivity contribution in [1.82, 2.24) is 0 Å². The average molecular weight is 316 g/mol. The predicted octanol–water partition coefficient (Wildman–Crippen LogP) is 4.72. The van der Waals surface area contributed by atoms with Crippen molar-refractivity contribution in [3.63, 3.8) is 0 Å². The van der Waals surface area contributed by atoms with Gasteiger partial charge in [-0.25, -0.2) is 0 Å². The molecule has 0 aliphatic rings. The van der Waals surface area contributed by atoms with E-state index in [1.54, 1.807) is 0 Å². The third-order valence-electron chi connectivity index (χ3n) is 3.49. The van der Waals surface area contributed by atoms with Gasteiger partial charge in [-0.05, 0) is 52.6 Å². The maximum Gasteiger partial charge on any atom is 0.250 e. The van der Waals surface area contributed by atoms with Gasteiger partial charge in [-0.2, -0.15) is 0 Å². The molecule has 0 aliphatic carbocycles. The van der Waals surface area contributed by atoms with E-state index in [-0.39, 0.29) is 5.04 Å². The van der Waals surface area contributed by atoms with Gasteiger partial charge < -0.3 is 10.2 Å². The summed E-state index contributed by atoms with van der Waals surface area (Å²) in [4.78, 5) is 0. The van der Waals surface area contributed by atoms with Gasteiger partial charge >= 0.3 is 0 Å². The van der Waals surface area contributed by atoms with E-state index < -0.39 is 8.32 Å². The quantitative estimate of drug-likeness (QED) is 0.633. The zero-order valence-electron chi connectivity index (χ0n) is 11.5. The van der Waals surface area contributed by atoms with Gasteiger partial charge in [0.25, 0.3) is 8.32 Å². The summed E-state index contributed by atoms with van der Waals surface area (Å²) in [5, 5.41) is 0.187. The molecule has 1 aromatic rings. The molecule has 2 nitrogen and oxygen atoms in total. The Labute approximate surface area is 114 Å². The van der Waals surface area contributed by atoms with E-state index in [0.29, 0.717) is 0 Å². The largest absolute Gasteiger partial charge is 0.543 e. The third kappa shape index (κ3) is 3.25. The molecule has 0 saturated heterocycles.